The number of nitrogens with one attached hydrogen (secondary N) is 1. The second-order valence-electron chi connectivity index (χ2n) is 4.23. The largest absolute Gasteiger partial charge is 0.497 e. The third-order valence-corrected chi connectivity index (χ3v) is 3.61. The Hall–Kier alpha value is -1.07. The Kier molecular flexibility index (Phi) is 4.60. The summed E-state index contributed by atoms with van der Waals surface area (Å²) >= 11 is 3.38. The number of methoxy groups -OCH3 is 1. The number of amides is 1. The molecule has 18 heavy (non-hydrogen) atoms. The molecule has 0 spiro atoms. The van der Waals surface area contributed by atoms with Crippen LogP contribution in [-0.4, -0.2) is 32.3 Å². The summed E-state index contributed by atoms with van der Waals surface area (Å²) < 4.78 is 11.2. The van der Waals surface area contributed by atoms with Crippen LogP contribution < -0.4 is 10.1 Å². The molecule has 1 saturated heterocycles. The van der Waals surface area contributed by atoms with E-state index in [4.69, 9.17) is 9.47 Å². The van der Waals surface area contributed by atoms with Crippen LogP contribution in [0, 0.1) is 0 Å². The number of rotatable bonds is 3. The van der Waals surface area contributed by atoms with Crippen molar-refractivity contribution in [2.24, 2.45) is 0 Å². The standard InChI is InChI=1S/C13H16BrNO3/c1-17-10-4-5-12(14)11(7-10)13(16)15-9-3-2-6-18-8-9/h4-5,7,9H,2-3,6,8H2,1H3,(H,15,16). The van der Waals surface area contributed by atoms with E-state index in [1.165, 1.54) is 0 Å². The molecule has 0 aliphatic carbocycles. The molecule has 0 bridgehead atoms. The molecule has 0 radical (unpaired) electrons. The lowest BCUT2D eigenvalue weighted by molar-refractivity contribution is 0.0623. The van der Waals surface area contributed by atoms with Gasteiger partial charge in [0.25, 0.3) is 5.91 Å². The van der Waals surface area contributed by atoms with Gasteiger partial charge in [-0.3, -0.25) is 4.79 Å². The van der Waals surface area contributed by atoms with E-state index >= 15 is 0 Å². The van der Waals surface area contributed by atoms with Crippen molar-refractivity contribution in [3.05, 3.63) is 28.2 Å². The first-order valence-corrected chi connectivity index (χ1v) is 6.72. The van der Waals surface area contributed by atoms with Gasteiger partial charge in [0.1, 0.15) is 5.75 Å². The molecule has 1 atom stereocenters. The van der Waals surface area contributed by atoms with Crippen LogP contribution in [0.25, 0.3) is 0 Å². The summed E-state index contributed by atoms with van der Waals surface area (Å²) in [5.41, 5.74) is 0.583. The fourth-order valence-electron chi connectivity index (χ4n) is 1.92. The van der Waals surface area contributed by atoms with Crippen LogP contribution in [-0.2, 0) is 4.74 Å². The first-order chi connectivity index (χ1) is 8.70. The van der Waals surface area contributed by atoms with Crippen LogP contribution in [0.3, 0.4) is 0 Å². The van der Waals surface area contributed by atoms with Crippen LogP contribution >= 0.6 is 15.9 Å². The molecule has 0 aromatic heterocycles. The van der Waals surface area contributed by atoms with Gasteiger partial charge in [-0.15, -0.1) is 0 Å². The van der Waals surface area contributed by atoms with E-state index in [9.17, 15) is 4.79 Å². The Morgan fingerprint density at radius 1 is 1.56 bits per heavy atom. The number of hydrogen-bond acceptors (Lipinski definition) is 3. The topological polar surface area (TPSA) is 47.6 Å². The molecule has 4 nitrogen and oxygen atoms in total. The van der Waals surface area contributed by atoms with Gasteiger partial charge in [0.2, 0.25) is 0 Å². The van der Waals surface area contributed by atoms with E-state index in [2.05, 4.69) is 21.2 Å². The first kappa shape index (κ1) is 13.4. The highest BCUT2D eigenvalue weighted by Gasteiger charge is 2.18. The maximum Gasteiger partial charge on any atom is 0.252 e. The lowest BCUT2D eigenvalue weighted by atomic mass is 10.1. The fraction of sp³-hybridized carbons (Fsp3) is 0.462. The van der Waals surface area contributed by atoms with Crippen molar-refractivity contribution in [3.63, 3.8) is 0 Å². The number of ether oxygens (including phenoxy) is 2. The summed E-state index contributed by atoms with van der Waals surface area (Å²) in [5.74, 6) is 0.569. The van der Waals surface area contributed by atoms with Crippen molar-refractivity contribution < 1.29 is 14.3 Å². The van der Waals surface area contributed by atoms with Crippen LogP contribution in [0.2, 0.25) is 0 Å². The molecule has 5 heteroatoms. The van der Waals surface area contributed by atoms with Crippen molar-refractivity contribution in [2.75, 3.05) is 20.3 Å². The highest BCUT2D eigenvalue weighted by Crippen LogP contribution is 2.22. The van der Waals surface area contributed by atoms with Crippen LogP contribution in [0.4, 0.5) is 0 Å². The average Bonchev–Trinajstić information content (AvgIpc) is 2.40. The molecule has 1 aromatic rings. The maximum absolute atomic E-state index is 12.1. The highest BCUT2D eigenvalue weighted by molar-refractivity contribution is 9.10. The molecular weight excluding hydrogens is 298 g/mol. The van der Waals surface area contributed by atoms with Gasteiger partial charge in [0, 0.05) is 11.1 Å². The molecule has 1 aliphatic rings. The SMILES string of the molecule is COc1ccc(Br)c(C(=O)NC2CCCOC2)c1. The Morgan fingerprint density at radius 3 is 3.06 bits per heavy atom. The second kappa shape index (κ2) is 6.20. The smallest absolute Gasteiger partial charge is 0.252 e. The quantitative estimate of drug-likeness (QED) is 0.932. The Bertz CT molecular complexity index is 430. The van der Waals surface area contributed by atoms with Gasteiger partial charge in [-0.05, 0) is 47.0 Å². The molecule has 1 fully saturated rings. The van der Waals surface area contributed by atoms with E-state index in [0.29, 0.717) is 17.9 Å². The Morgan fingerprint density at radius 2 is 2.39 bits per heavy atom. The third-order valence-electron chi connectivity index (χ3n) is 2.91. The van der Waals surface area contributed by atoms with Gasteiger partial charge >= 0.3 is 0 Å². The molecule has 0 saturated carbocycles. The van der Waals surface area contributed by atoms with Crippen molar-refractivity contribution in [1.29, 1.82) is 0 Å². The molecule has 98 valence electrons. The third kappa shape index (κ3) is 3.23. The summed E-state index contributed by atoms with van der Waals surface area (Å²) in [6, 6.07) is 5.45. The van der Waals surface area contributed by atoms with Crippen molar-refractivity contribution in [2.45, 2.75) is 18.9 Å². The molecule has 1 heterocycles. The molecular formula is C13H16BrNO3. The normalized spacial score (nSPS) is 19.3. The Balaban J connectivity index is 2.07. The molecule has 1 amide bonds. The van der Waals surface area contributed by atoms with Crippen LogP contribution in [0.5, 0.6) is 5.75 Å². The van der Waals surface area contributed by atoms with Crippen LogP contribution in [0.15, 0.2) is 22.7 Å². The minimum absolute atomic E-state index is 0.101. The second-order valence-corrected chi connectivity index (χ2v) is 5.09. The lowest BCUT2D eigenvalue weighted by Crippen LogP contribution is -2.40. The van der Waals surface area contributed by atoms with E-state index in [0.717, 1.165) is 23.9 Å². The Labute approximate surface area is 115 Å². The summed E-state index contributed by atoms with van der Waals surface area (Å²) in [6.07, 6.45) is 1.96. The molecule has 1 N–H and O–H groups in total. The zero-order valence-corrected chi connectivity index (χ0v) is 11.8. The van der Waals surface area contributed by atoms with E-state index in [1.807, 2.05) is 12.1 Å². The number of carbonyl (C=O) groups is 1. The average molecular weight is 314 g/mol. The zero-order valence-electron chi connectivity index (χ0n) is 10.2. The van der Waals surface area contributed by atoms with Gasteiger partial charge in [-0.1, -0.05) is 0 Å². The van der Waals surface area contributed by atoms with Gasteiger partial charge < -0.3 is 14.8 Å². The monoisotopic (exact) mass is 313 g/mol. The van der Waals surface area contributed by atoms with Gasteiger partial charge in [0.15, 0.2) is 0 Å². The first-order valence-electron chi connectivity index (χ1n) is 5.93. The zero-order chi connectivity index (χ0) is 13.0. The molecule has 1 aliphatic heterocycles. The summed E-state index contributed by atoms with van der Waals surface area (Å²) in [6.45, 7) is 1.38. The summed E-state index contributed by atoms with van der Waals surface area (Å²) in [7, 11) is 1.58. The van der Waals surface area contributed by atoms with Crippen molar-refractivity contribution in [1.82, 2.24) is 5.32 Å². The summed E-state index contributed by atoms with van der Waals surface area (Å²) in [5, 5.41) is 2.98. The van der Waals surface area contributed by atoms with Gasteiger partial charge in [0.05, 0.1) is 25.3 Å². The van der Waals surface area contributed by atoms with E-state index in [1.54, 1.807) is 13.2 Å². The number of hydrogen-bond donors (Lipinski definition) is 1. The van der Waals surface area contributed by atoms with Gasteiger partial charge in [-0.25, -0.2) is 0 Å². The predicted octanol–water partition coefficient (Wildman–Crippen LogP) is 2.37. The van der Waals surface area contributed by atoms with E-state index in [-0.39, 0.29) is 11.9 Å². The predicted molar refractivity (Wildman–Crippen MR) is 72.0 cm³/mol. The van der Waals surface area contributed by atoms with E-state index < -0.39 is 0 Å². The molecule has 1 unspecified atom stereocenters. The number of halogens is 1. The molecule has 1 aromatic carbocycles. The van der Waals surface area contributed by atoms with Gasteiger partial charge in [-0.2, -0.15) is 0 Å². The maximum atomic E-state index is 12.1. The van der Waals surface area contributed by atoms with Crippen molar-refractivity contribution >= 4 is 21.8 Å². The van der Waals surface area contributed by atoms with Crippen molar-refractivity contribution in [3.8, 4) is 5.75 Å². The number of carbonyl (C=O) groups excluding carboxylic acids is 1. The lowest BCUT2D eigenvalue weighted by Gasteiger charge is -2.23. The highest BCUT2D eigenvalue weighted by atomic mass is 79.9. The summed E-state index contributed by atoms with van der Waals surface area (Å²) in [4.78, 5) is 12.1. The minimum Gasteiger partial charge on any atom is -0.497 e. The number of benzene rings is 1. The minimum atomic E-state index is -0.101. The van der Waals surface area contributed by atoms with Crippen LogP contribution in [0.1, 0.15) is 23.2 Å². The fourth-order valence-corrected chi connectivity index (χ4v) is 2.35. The molecule has 2 rings (SSSR count).